The van der Waals surface area contributed by atoms with E-state index in [1.165, 1.54) is 23.1 Å². The number of nitrogens with zero attached hydrogens (tertiary/aromatic N) is 4. The Bertz CT molecular complexity index is 804. The predicted octanol–water partition coefficient (Wildman–Crippen LogP) is 1.27. The molecule has 0 bridgehead atoms. The molecule has 1 aliphatic heterocycles. The number of nitrogens with one attached hydrogen (secondary N) is 1. The van der Waals surface area contributed by atoms with Crippen LogP contribution >= 0.6 is 0 Å². The number of hydrogen-bond acceptors (Lipinski definition) is 6. The first-order chi connectivity index (χ1) is 11.7. The molecular formula is C17H21N5O2. The Morgan fingerprint density at radius 2 is 2.08 bits per heavy atom. The maximum Gasteiger partial charge on any atom is 0.267 e. The minimum Gasteiger partial charge on any atom is -0.377 e. The van der Waals surface area contributed by atoms with Crippen LogP contribution in [0.2, 0.25) is 0 Å². The van der Waals surface area contributed by atoms with Gasteiger partial charge in [-0.1, -0.05) is 0 Å². The average molecular weight is 327 g/mol. The maximum absolute atomic E-state index is 12.2. The number of hydrogen-bond donors (Lipinski definition) is 1. The lowest BCUT2D eigenvalue weighted by atomic mass is 9.96. The third-order valence-electron chi connectivity index (χ3n) is 4.77. The van der Waals surface area contributed by atoms with E-state index in [0.29, 0.717) is 13.2 Å². The van der Waals surface area contributed by atoms with E-state index >= 15 is 0 Å². The van der Waals surface area contributed by atoms with Crippen LogP contribution in [0.3, 0.4) is 0 Å². The van der Waals surface area contributed by atoms with Gasteiger partial charge in [0.2, 0.25) is 0 Å². The Morgan fingerprint density at radius 3 is 3.00 bits per heavy atom. The molecule has 126 valence electrons. The molecule has 2 atom stereocenters. The van der Waals surface area contributed by atoms with E-state index in [4.69, 9.17) is 4.74 Å². The summed E-state index contributed by atoms with van der Waals surface area (Å²) in [4.78, 5) is 21.0. The summed E-state index contributed by atoms with van der Waals surface area (Å²) in [7, 11) is 0. The first-order valence-electron chi connectivity index (χ1n) is 8.46. The highest BCUT2D eigenvalue weighted by Crippen LogP contribution is 2.27. The van der Waals surface area contributed by atoms with Crippen LogP contribution in [0.5, 0.6) is 0 Å². The fourth-order valence-corrected chi connectivity index (χ4v) is 3.50. The zero-order valence-electron chi connectivity index (χ0n) is 13.7. The van der Waals surface area contributed by atoms with Crippen molar-refractivity contribution < 1.29 is 4.74 Å². The van der Waals surface area contributed by atoms with Crippen molar-refractivity contribution >= 4 is 5.82 Å². The Hall–Kier alpha value is -2.28. The number of aromatic nitrogens is 4. The highest BCUT2D eigenvalue weighted by atomic mass is 16.5. The van der Waals surface area contributed by atoms with Crippen LogP contribution in [0.4, 0.5) is 5.82 Å². The molecule has 0 aromatic carbocycles. The number of ether oxygens (including phenoxy) is 1. The van der Waals surface area contributed by atoms with Crippen molar-refractivity contribution in [3.63, 3.8) is 0 Å². The van der Waals surface area contributed by atoms with Crippen molar-refractivity contribution in [2.45, 2.75) is 44.7 Å². The molecule has 24 heavy (non-hydrogen) atoms. The Kier molecular flexibility index (Phi) is 4.02. The molecule has 7 nitrogen and oxygen atoms in total. The summed E-state index contributed by atoms with van der Waals surface area (Å²) in [5, 5.41) is 7.87. The van der Waals surface area contributed by atoms with E-state index in [1.807, 2.05) is 6.92 Å². The molecule has 3 heterocycles. The normalized spacial score (nSPS) is 23.0. The van der Waals surface area contributed by atoms with Crippen LogP contribution in [-0.2, 0) is 17.6 Å². The lowest BCUT2D eigenvalue weighted by Gasteiger charge is -2.24. The van der Waals surface area contributed by atoms with Crippen molar-refractivity contribution in [3.8, 4) is 0 Å². The van der Waals surface area contributed by atoms with Crippen molar-refractivity contribution in [3.05, 3.63) is 45.8 Å². The van der Waals surface area contributed by atoms with E-state index in [2.05, 4.69) is 20.4 Å². The quantitative estimate of drug-likeness (QED) is 0.914. The van der Waals surface area contributed by atoms with Crippen LogP contribution in [0.25, 0.3) is 0 Å². The van der Waals surface area contributed by atoms with Gasteiger partial charge in [0, 0.05) is 17.3 Å². The molecule has 2 unspecified atom stereocenters. The summed E-state index contributed by atoms with van der Waals surface area (Å²) in [6, 6.07) is 3.13. The van der Waals surface area contributed by atoms with Gasteiger partial charge in [-0.25, -0.2) is 14.6 Å². The summed E-state index contributed by atoms with van der Waals surface area (Å²) in [6.07, 6.45) is 5.98. The molecule has 7 heteroatoms. The lowest BCUT2D eigenvalue weighted by molar-refractivity contribution is 0.182. The van der Waals surface area contributed by atoms with Gasteiger partial charge in [-0.15, -0.1) is 0 Å². The van der Waals surface area contributed by atoms with Gasteiger partial charge >= 0.3 is 0 Å². The second-order valence-electron chi connectivity index (χ2n) is 6.47. The van der Waals surface area contributed by atoms with Crippen molar-refractivity contribution in [1.82, 2.24) is 19.7 Å². The molecule has 1 aliphatic carbocycles. The van der Waals surface area contributed by atoms with Gasteiger partial charge in [-0.3, -0.25) is 4.79 Å². The first-order valence-corrected chi connectivity index (χ1v) is 8.46. The third kappa shape index (κ3) is 2.80. The molecule has 2 aromatic rings. The molecule has 0 spiro atoms. The number of rotatable bonds is 3. The van der Waals surface area contributed by atoms with Gasteiger partial charge < -0.3 is 10.1 Å². The van der Waals surface area contributed by atoms with Crippen LogP contribution in [0.1, 0.15) is 35.8 Å². The summed E-state index contributed by atoms with van der Waals surface area (Å²) < 4.78 is 7.17. The summed E-state index contributed by atoms with van der Waals surface area (Å²) in [5.41, 5.74) is 3.06. The Morgan fingerprint density at radius 1 is 1.21 bits per heavy atom. The minimum atomic E-state index is -0.133. The zero-order valence-corrected chi connectivity index (χ0v) is 13.7. The van der Waals surface area contributed by atoms with E-state index in [-0.39, 0.29) is 17.6 Å². The van der Waals surface area contributed by atoms with E-state index in [1.54, 1.807) is 18.5 Å². The largest absolute Gasteiger partial charge is 0.377 e. The molecule has 1 N–H and O–H groups in total. The van der Waals surface area contributed by atoms with Gasteiger partial charge in [0.05, 0.1) is 24.9 Å². The van der Waals surface area contributed by atoms with Crippen molar-refractivity contribution in [2.75, 3.05) is 18.5 Å². The third-order valence-corrected chi connectivity index (χ3v) is 4.77. The molecule has 2 aromatic heterocycles. The van der Waals surface area contributed by atoms with Gasteiger partial charge in [0.1, 0.15) is 18.2 Å². The van der Waals surface area contributed by atoms with E-state index in [0.717, 1.165) is 30.0 Å². The predicted molar refractivity (Wildman–Crippen MR) is 89.2 cm³/mol. The summed E-state index contributed by atoms with van der Waals surface area (Å²) >= 11 is 0. The smallest absolute Gasteiger partial charge is 0.267 e. The average Bonchev–Trinajstić information content (AvgIpc) is 3.05. The molecule has 2 aliphatic rings. The number of fused-ring (bicyclic) bond motifs is 1. The summed E-state index contributed by atoms with van der Waals surface area (Å²) in [5.74, 6) is 0.876. The maximum atomic E-state index is 12.2. The molecule has 0 saturated carbocycles. The Labute approximate surface area is 140 Å². The van der Waals surface area contributed by atoms with Crippen molar-refractivity contribution in [2.24, 2.45) is 0 Å². The first kappa shape index (κ1) is 15.3. The number of anilines is 1. The van der Waals surface area contributed by atoms with E-state index in [9.17, 15) is 4.79 Å². The SMILES string of the molecule is Cc1ccc(=O)n(C2COCC2Nc2ncnc3c2CCCC3)n1. The Balaban J connectivity index is 1.62. The molecule has 0 amide bonds. The standard InChI is InChI=1S/C17H21N5O2/c1-11-6-7-16(23)22(21-11)15-9-24-8-14(15)20-17-12-4-2-3-5-13(12)18-10-19-17/h6-7,10,14-15H,2-5,8-9H2,1H3,(H,18,19,20). The molecule has 4 rings (SSSR count). The fourth-order valence-electron chi connectivity index (χ4n) is 3.50. The van der Waals surface area contributed by atoms with Crippen LogP contribution in [-0.4, -0.2) is 39.0 Å². The van der Waals surface area contributed by atoms with Gasteiger partial charge in [-0.05, 0) is 38.7 Å². The molecule has 1 saturated heterocycles. The molecule has 0 radical (unpaired) electrons. The van der Waals surface area contributed by atoms with Crippen LogP contribution in [0, 0.1) is 6.92 Å². The lowest BCUT2D eigenvalue weighted by Crippen LogP contribution is -2.37. The highest BCUT2D eigenvalue weighted by molar-refractivity contribution is 5.48. The second-order valence-corrected chi connectivity index (χ2v) is 6.47. The topological polar surface area (TPSA) is 81.9 Å². The second kappa shape index (κ2) is 6.32. The van der Waals surface area contributed by atoms with Gasteiger partial charge in [0.25, 0.3) is 5.56 Å². The fraction of sp³-hybridized carbons (Fsp3) is 0.529. The number of aryl methyl sites for hydroxylation is 2. The van der Waals surface area contributed by atoms with Crippen molar-refractivity contribution in [1.29, 1.82) is 0 Å². The zero-order chi connectivity index (χ0) is 16.5. The van der Waals surface area contributed by atoms with Crippen LogP contribution in [0.15, 0.2) is 23.3 Å². The van der Waals surface area contributed by atoms with Crippen LogP contribution < -0.4 is 10.9 Å². The van der Waals surface area contributed by atoms with E-state index < -0.39 is 0 Å². The molecular weight excluding hydrogens is 306 g/mol. The molecule has 1 fully saturated rings. The van der Waals surface area contributed by atoms with Gasteiger partial charge in [-0.2, -0.15) is 5.10 Å². The van der Waals surface area contributed by atoms with Gasteiger partial charge in [0.15, 0.2) is 0 Å². The highest BCUT2D eigenvalue weighted by Gasteiger charge is 2.32. The monoisotopic (exact) mass is 327 g/mol. The minimum absolute atomic E-state index is 0.0297. The summed E-state index contributed by atoms with van der Waals surface area (Å²) in [6.45, 7) is 2.89.